The van der Waals surface area contributed by atoms with Gasteiger partial charge in [0.05, 0.1) is 0 Å². The number of nitrogens with one attached hydrogen (secondary N) is 3. The van der Waals surface area contributed by atoms with E-state index in [1.165, 1.54) is 0 Å². The molecule has 0 bridgehead atoms. The molecule has 0 aromatic heterocycles. The van der Waals surface area contributed by atoms with Gasteiger partial charge in [-0.1, -0.05) is 20.4 Å². The van der Waals surface area contributed by atoms with Gasteiger partial charge in [-0.25, -0.2) is 4.99 Å². The average Bonchev–Trinajstić information content (AvgIpc) is 2.97. The molecule has 2 saturated heterocycles. The van der Waals surface area contributed by atoms with E-state index in [2.05, 4.69) is 58.0 Å². The van der Waals surface area contributed by atoms with E-state index in [4.69, 9.17) is 0 Å². The molecule has 2 fully saturated rings. The Morgan fingerprint density at radius 2 is 2.12 bits per heavy atom. The number of hydrogen-bond donors (Lipinski definition) is 3. The lowest BCUT2D eigenvalue weighted by Gasteiger charge is -2.39. The van der Waals surface area contributed by atoms with Gasteiger partial charge < -0.3 is 20.9 Å². The molecule has 25 heavy (non-hydrogen) atoms. The number of carbonyl (C=O) groups excluding carboxylic acids is 1. The molecule has 7 nitrogen and oxygen atoms in total. The molecule has 0 aliphatic carbocycles. The minimum atomic E-state index is 0.00279. The molecule has 0 aromatic rings. The molecule has 2 aliphatic rings. The summed E-state index contributed by atoms with van der Waals surface area (Å²) in [7, 11) is 1.65. The van der Waals surface area contributed by atoms with Gasteiger partial charge in [-0.05, 0) is 25.5 Å². The standard InChI is InChI=1S/C18H32N6O/c1-13(2)8-15(9-16(25)19-4)22-14(3)23-17(20-5)24-7-6-18(12-24)10-21-11-18/h13,15,21-22H,3,5-12H2,1-2,4H3,(H,19,25)/t15-/m0/s1. The summed E-state index contributed by atoms with van der Waals surface area (Å²) in [4.78, 5) is 22.5. The van der Waals surface area contributed by atoms with Crippen LogP contribution in [0.15, 0.2) is 22.4 Å². The Morgan fingerprint density at radius 3 is 2.60 bits per heavy atom. The summed E-state index contributed by atoms with van der Waals surface area (Å²) in [5.74, 6) is 1.63. The van der Waals surface area contributed by atoms with Crippen LogP contribution in [0.1, 0.15) is 33.1 Å². The second-order valence-corrected chi connectivity index (χ2v) is 7.64. The number of likely N-dealkylation sites (tertiary alicyclic amines) is 1. The largest absolute Gasteiger partial charge is 0.367 e. The molecule has 3 N–H and O–H groups in total. The number of carbonyl (C=O) groups is 1. The molecule has 1 atom stereocenters. The number of rotatable bonds is 7. The van der Waals surface area contributed by atoms with Crippen molar-refractivity contribution < 1.29 is 4.79 Å². The maximum absolute atomic E-state index is 11.7. The first-order valence-corrected chi connectivity index (χ1v) is 9.04. The Balaban J connectivity index is 1.97. The highest BCUT2D eigenvalue weighted by Crippen LogP contribution is 2.34. The van der Waals surface area contributed by atoms with Crippen molar-refractivity contribution in [3.63, 3.8) is 0 Å². The maximum atomic E-state index is 11.7. The highest BCUT2D eigenvalue weighted by atomic mass is 16.1. The number of hydrogen-bond acceptors (Lipinski definition) is 4. The average molecular weight is 348 g/mol. The molecule has 0 saturated carbocycles. The molecule has 0 unspecified atom stereocenters. The molecule has 1 amide bonds. The highest BCUT2D eigenvalue weighted by Gasteiger charge is 2.43. The van der Waals surface area contributed by atoms with Gasteiger partial charge in [0, 0.05) is 51.1 Å². The smallest absolute Gasteiger partial charge is 0.226 e. The molecule has 7 heteroatoms. The molecule has 2 rings (SSSR count). The van der Waals surface area contributed by atoms with E-state index in [1.807, 2.05) is 0 Å². The summed E-state index contributed by atoms with van der Waals surface area (Å²) >= 11 is 0. The van der Waals surface area contributed by atoms with Crippen LogP contribution in [0, 0.1) is 11.3 Å². The minimum Gasteiger partial charge on any atom is -0.367 e. The van der Waals surface area contributed by atoms with Crippen LogP contribution in [0.4, 0.5) is 0 Å². The number of amides is 1. The van der Waals surface area contributed by atoms with Crippen molar-refractivity contribution in [1.82, 2.24) is 20.9 Å². The van der Waals surface area contributed by atoms with Gasteiger partial charge in [0.25, 0.3) is 0 Å². The minimum absolute atomic E-state index is 0.00279. The summed E-state index contributed by atoms with van der Waals surface area (Å²) in [5, 5.41) is 9.30. The number of aliphatic imine (C=N–C) groups is 2. The Kier molecular flexibility index (Phi) is 6.58. The summed E-state index contributed by atoms with van der Waals surface area (Å²) in [6.45, 7) is 16.0. The summed E-state index contributed by atoms with van der Waals surface area (Å²) < 4.78 is 0. The first-order valence-electron chi connectivity index (χ1n) is 9.04. The zero-order chi connectivity index (χ0) is 18.4. The Morgan fingerprint density at radius 1 is 1.40 bits per heavy atom. The van der Waals surface area contributed by atoms with Gasteiger partial charge in [-0.2, -0.15) is 4.99 Å². The predicted octanol–water partition coefficient (Wildman–Crippen LogP) is 0.950. The molecular weight excluding hydrogens is 316 g/mol. The van der Waals surface area contributed by atoms with Crippen LogP contribution in [0.25, 0.3) is 0 Å². The third kappa shape index (κ3) is 5.29. The fraction of sp³-hybridized carbons (Fsp3) is 0.722. The van der Waals surface area contributed by atoms with E-state index >= 15 is 0 Å². The third-order valence-electron chi connectivity index (χ3n) is 4.93. The Bertz CT molecular complexity index is 538. The number of nitrogens with zero attached hydrogens (tertiary/aromatic N) is 3. The molecule has 1 spiro atoms. The number of guanidine groups is 1. The van der Waals surface area contributed by atoms with Gasteiger partial charge >= 0.3 is 0 Å². The van der Waals surface area contributed by atoms with E-state index in [9.17, 15) is 4.79 Å². The van der Waals surface area contributed by atoms with E-state index < -0.39 is 0 Å². The zero-order valence-electron chi connectivity index (χ0n) is 15.8. The quantitative estimate of drug-likeness (QED) is 0.473. The van der Waals surface area contributed by atoms with Crippen molar-refractivity contribution in [2.45, 2.75) is 39.2 Å². The SMILES string of the molecule is C=NC(=NC(=C)N[C@H](CC(=O)NC)CC(C)C)N1CCC2(CNC2)C1. The highest BCUT2D eigenvalue weighted by molar-refractivity contribution is 5.85. The molecule has 0 radical (unpaired) electrons. The van der Waals surface area contributed by atoms with Crippen LogP contribution in [0.5, 0.6) is 0 Å². The van der Waals surface area contributed by atoms with Gasteiger partial charge in [-0.3, -0.25) is 4.79 Å². The predicted molar refractivity (Wildman–Crippen MR) is 103 cm³/mol. The fourth-order valence-electron chi connectivity index (χ4n) is 3.56. The van der Waals surface area contributed by atoms with Crippen molar-refractivity contribution in [1.29, 1.82) is 0 Å². The molecule has 2 aliphatic heterocycles. The third-order valence-corrected chi connectivity index (χ3v) is 4.93. The van der Waals surface area contributed by atoms with Gasteiger partial charge in [0.1, 0.15) is 5.82 Å². The fourth-order valence-corrected chi connectivity index (χ4v) is 3.56. The second kappa shape index (κ2) is 8.47. The van der Waals surface area contributed by atoms with Crippen LogP contribution in [-0.4, -0.2) is 62.8 Å². The molecule has 140 valence electrons. The van der Waals surface area contributed by atoms with E-state index in [0.29, 0.717) is 29.5 Å². The monoisotopic (exact) mass is 348 g/mol. The van der Waals surface area contributed by atoms with E-state index in [1.54, 1.807) is 7.05 Å². The van der Waals surface area contributed by atoms with Crippen LogP contribution in [0.2, 0.25) is 0 Å². The lowest BCUT2D eigenvalue weighted by atomic mass is 9.81. The van der Waals surface area contributed by atoms with Crippen molar-refractivity contribution in [2.24, 2.45) is 21.3 Å². The normalized spacial score (nSPS) is 20.3. The van der Waals surface area contributed by atoms with E-state index in [-0.39, 0.29) is 11.9 Å². The van der Waals surface area contributed by atoms with E-state index in [0.717, 1.165) is 39.0 Å². The van der Waals surface area contributed by atoms with Gasteiger partial charge in [0.15, 0.2) is 0 Å². The van der Waals surface area contributed by atoms with Crippen LogP contribution in [-0.2, 0) is 4.79 Å². The summed E-state index contributed by atoms with van der Waals surface area (Å²) in [6.07, 6.45) is 2.43. The summed E-state index contributed by atoms with van der Waals surface area (Å²) in [5.41, 5.74) is 0.375. The van der Waals surface area contributed by atoms with Crippen molar-refractivity contribution in [3.8, 4) is 0 Å². The zero-order valence-corrected chi connectivity index (χ0v) is 15.8. The lowest BCUT2D eigenvalue weighted by molar-refractivity contribution is -0.121. The molecular formula is C18H32N6O. The molecule has 0 aromatic carbocycles. The first-order chi connectivity index (χ1) is 11.9. The second-order valence-electron chi connectivity index (χ2n) is 7.64. The topological polar surface area (TPSA) is 81.1 Å². The van der Waals surface area contributed by atoms with Gasteiger partial charge in [0.2, 0.25) is 11.9 Å². The van der Waals surface area contributed by atoms with Crippen molar-refractivity contribution in [3.05, 3.63) is 12.4 Å². The van der Waals surface area contributed by atoms with Crippen molar-refractivity contribution >= 4 is 18.6 Å². The maximum Gasteiger partial charge on any atom is 0.226 e. The van der Waals surface area contributed by atoms with Crippen LogP contribution < -0.4 is 16.0 Å². The summed E-state index contributed by atoms with van der Waals surface area (Å²) in [6, 6.07) is 0.00279. The van der Waals surface area contributed by atoms with Crippen molar-refractivity contribution in [2.75, 3.05) is 33.2 Å². The van der Waals surface area contributed by atoms with Crippen LogP contribution in [0.3, 0.4) is 0 Å². The van der Waals surface area contributed by atoms with Gasteiger partial charge in [-0.15, -0.1) is 0 Å². The lowest BCUT2D eigenvalue weighted by Crippen LogP contribution is -2.55. The Labute approximate surface area is 151 Å². The Hall–Kier alpha value is -1.89. The molecule has 2 heterocycles. The van der Waals surface area contributed by atoms with Crippen LogP contribution >= 0.6 is 0 Å². The first kappa shape index (κ1) is 19.4.